The summed E-state index contributed by atoms with van der Waals surface area (Å²) in [4.78, 5) is 0. The van der Waals surface area contributed by atoms with Gasteiger partial charge in [0.15, 0.2) is 5.11 Å². The number of hydrogen-bond donors (Lipinski definition) is 2. The minimum Gasteiger partial charge on any atom is -0.383 e. The Hall–Kier alpha value is -1.92. The van der Waals surface area contributed by atoms with E-state index in [1.807, 2.05) is 41.9 Å². The van der Waals surface area contributed by atoms with Gasteiger partial charge < -0.3 is 15.4 Å². The zero-order chi connectivity index (χ0) is 15.9. The lowest BCUT2D eigenvalue weighted by Crippen LogP contribution is -2.36. The molecule has 0 aliphatic rings. The van der Waals surface area contributed by atoms with Crippen molar-refractivity contribution in [3.8, 4) is 5.69 Å². The Morgan fingerprint density at radius 2 is 1.95 bits per heavy atom. The van der Waals surface area contributed by atoms with Gasteiger partial charge in [0.2, 0.25) is 0 Å². The Labute approximate surface area is 136 Å². The Kier molecular flexibility index (Phi) is 5.91. The first kappa shape index (κ1) is 16.5. The van der Waals surface area contributed by atoms with Crippen molar-refractivity contribution in [1.82, 2.24) is 20.4 Å². The van der Waals surface area contributed by atoms with Crippen LogP contribution >= 0.6 is 12.2 Å². The van der Waals surface area contributed by atoms with E-state index in [9.17, 15) is 0 Å². The molecule has 0 amide bonds. The molecule has 1 aromatic carbocycles. The number of thiocarbonyl (C=S) groups is 1. The normalized spacial score (nSPS) is 10.5. The van der Waals surface area contributed by atoms with E-state index in [4.69, 9.17) is 17.0 Å². The first-order valence-electron chi connectivity index (χ1n) is 7.24. The van der Waals surface area contributed by atoms with Crippen LogP contribution in [0.15, 0.2) is 30.3 Å². The SMILES string of the molecule is COCCNC(=S)NCc1c(C)nn(-c2ccccc2)c1C. The molecular formula is C16H22N4OS. The second-order valence-electron chi connectivity index (χ2n) is 5.00. The standard InChI is InChI=1S/C16H22N4OS/c1-12-15(11-18-16(22)17-9-10-21-3)13(2)20(19-12)14-7-5-4-6-8-14/h4-8H,9-11H2,1-3H3,(H2,17,18,22). The van der Waals surface area contributed by atoms with Gasteiger partial charge in [-0.2, -0.15) is 5.10 Å². The zero-order valence-electron chi connectivity index (χ0n) is 13.2. The van der Waals surface area contributed by atoms with E-state index in [1.165, 1.54) is 5.56 Å². The second-order valence-corrected chi connectivity index (χ2v) is 5.41. The molecule has 0 bridgehead atoms. The van der Waals surface area contributed by atoms with E-state index in [1.54, 1.807) is 7.11 Å². The highest BCUT2D eigenvalue weighted by atomic mass is 32.1. The maximum atomic E-state index is 5.25. The molecule has 2 rings (SSSR count). The predicted molar refractivity (Wildman–Crippen MR) is 92.4 cm³/mol. The summed E-state index contributed by atoms with van der Waals surface area (Å²) in [6.07, 6.45) is 0. The van der Waals surface area contributed by atoms with Crippen LogP contribution in [-0.2, 0) is 11.3 Å². The van der Waals surface area contributed by atoms with Crippen molar-refractivity contribution >= 4 is 17.3 Å². The average molecular weight is 318 g/mol. The van der Waals surface area contributed by atoms with Gasteiger partial charge in [0, 0.05) is 31.5 Å². The zero-order valence-corrected chi connectivity index (χ0v) is 14.0. The molecular weight excluding hydrogens is 296 g/mol. The third kappa shape index (κ3) is 4.05. The molecule has 5 nitrogen and oxygen atoms in total. The highest BCUT2D eigenvalue weighted by molar-refractivity contribution is 7.80. The van der Waals surface area contributed by atoms with Crippen LogP contribution in [0.2, 0.25) is 0 Å². The number of nitrogens with zero attached hydrogens (tertiary/aromatic N) is 2. The van der Waals surface area contributed by atoms with E-state index in [2.05, 4.69) is 22.7 Å². The number of hydrogen-bond acceptors (Lipinski definition) is 3. The molecule has 0 saturated heterocycles. The molecule has 0 aliphatic carbocycles. The average Bonchev–Trinajstić information content (AvgIpc) is 2.81. The summed E-state index contributed by atoms with van der Waals surface area (Å²) in [7, 11) is 1.67. The topological polar surface area (TPSA) is 51.1 Å². The lowest BCUT2D eigenvalue weighted by Gasteiger charge is -2.10. The van der Waals surface area contributed by atoms with Gasteiger partial charge in [-0.25, -0.2) is 4.68 Å². The molecule has 1 heterocycles. The van der Waals surface area contributed by atoms with Gasteiger partial charge in [-0.1, -0.05) is 18.2 Å². The van der Waals surface area contributed by atoms with Crippen LogP contribution in [0.3, 0.4) is 0 Å². The summed E-state index contributed by atoms with van der Waals surface area (Å²) in [5.41, 5.74) is 4.36. The third-order valence-corrected chi connectivity index (χ3v) is 3.75. The molecule has 22 heavy (non-hydrogen) atoms. The minimum absolute atomic E-state index is 0.628. The number of aromatic nitrogens is 2. The lowest BCUT2D eigenvalue weighted by atomic mass is 10.2. The van der Waals surface area contributed by atoms with Crippen molar-refractivity contribution in [3.05, 3.63) is 47.3 Å². The van der Waals surface area contributed by atoms with Crippen molar-refractivity contribution in [2.24, 2.45) is 0 Å². The van der Waals surface area contributed by atoms with Crippen LogP contribution < -0.4 is 10.6 Å². The van der Waals surface area contributed by atoms with Crippen LogP contribution in [0.25, 0.3) is 5.69 Å². The van der Waals surface area contributed by atoms with E-state index in [-0.39, 0.29) is 0 Å². The number of rotatable bonds is 6. The summed E-state index contributed by atoms with van der Waals surface area (Å²) < 4.78 is 6.95. The monoisotopic (exact) mass is 318 g/mol. The number of nitrogens with one attached hydrogen (secondary N) is 2. The van der Waals surface area contributed by atoms with E-state index in [0.717, 1.165) is 17.1 Å². The maximum Gasteiger partial charge on any atom is 0.166 e. The van der Waals surface area contributed by atoms with Crippen molar-refractivity contribution in [3.63, 3.8) is 0 Å². The van der Waals surface area contributed by atoms with Crippen molar-refractivity contribution < 1.29 is 4.74 Å². The Balaban J connectivity index is 2.03. The summed E-state index contributed by atoms with van der Waals surface area (Å²) in [5, 5.41) is 11.6. The predicted octanol–water partition coefficient (Wildman–Crippen LogP) is 2.10. The molecule has 0 unspecified atom stereocenters. The molecule has 118 valence electrons. The molecule has 6 heteroatoms. The van der Waals surface area contributed by atoms with Crippen LogP contribution in [0.5, 0.6) is 0 Å². The third-order valence-electron chi connectivity index (χ3n) is 3.46. The van der Waals surface area contributed by atoms with Gasteiger partial charge in [0.25, 0.3) is 0 Å². The van der Waals surface area contributed by atoms with Gasteiger partial charge in [-0.05, 0) is 38.2 Å². The maximum absolute atomic E-state index is 5.25. The number of aryl methyl sites for hydroxylation is 1. The van der Waals surface area contributed by atoms with Gasteiger partial charge in [0.05, 0.1) is 18.0 Å². The van der Waals surface area contributed by atoms with Gasteiger partial charge in [-0.15, -0.1) is 0 Å². The number of benzene rings is 1. The van der Waals surface area contributed by atoms with E-state index >= 15 is 0 Å². The molecule has 1 aromatic heterocycles. The van der Waals surface area contributed by atoms with Gasteiger partial charge >= 0.3 is 0 Å². The first-order valence-corrected chi connectivity index (χ1v) is 7.65. The smallest absolute Gasteiger partial charge is 0.166 e. The summed E-state index contributed by atoms with van der Waals surface area (Å²) >= 11 is 5.25. The summed E-state index contributed by atoms with van der Waals surface area (Å²) in [6, 6.07) is 10.1. The number of methoxy groups -OCH3 is 1. The Bertz CT molecular complexity index is 625. The van der Waals surface area contributed by atoms with Crippen LogP contribution in [0.1, 0.15) is 17.0 Å². The van der Waals surface area contributed by atoms with E-state index in [0.29, 0.717) is 24.8 Å². The Morgan fingerprint density at radius 3 is 2.64 bits per heavy atom. The highest BCUT2D eigenvalue weighted by Crippen LogP contribution is 2.17. The van der Waals surface area contributed by atoms with Crippen molar-refractivity contribution in [2.75, 3.05) is 20.3 Å². The quantitative estimate of drug-likeness (QED) is 0.631. The second kappa shape index (κ2) is 7.91. The molecule has 0 fully saturated rings. The molecule has 0 saturated carbocycles. The molecule has 2 aromatic rings. The molecule has 2 N–H and O–H groups in total. The highest BCUT2D eigenvalue weighted by Gasteiger charge is 2.12. The summed E-state index contributed by atoms with van der Waals surface area (Å²) in [6.45, 7) is 6.08. The molecule has 0 atom stereocenters. The van der Waals surface area contributed by atoms with Crippen LogP contribution in [0.4, 0.5) is 0 Å². The summed E-state index contributed by atoms with van der Waals surface area (Å²) in [5.74, 6) is 0. The molecule has 0 aliphatic heterocycles. The Morgan fingerprint density at radius 1 is 1.23 bits per heavy atom. The van der Waals surface area contributed by atoms with Crippen molar-refractivity contribution in [1.29, 1.82) is 0 Å². The van der Waals surface area contributed by atoms with Crippen LogP contribution in [-0.4, -0.2) is 35.2 Å². The minimum atomic E-state index is 0.628. The fourth-order valence-electron chi connectivity index (χ4n) is 2.25. The fraction of sp³-hybridized carbons (Fsp3) is 0.375. The van der Waals surface area contributed by atoms with Crippen molar-refractivity contribution in [2.45, 2.75) is 20.4 Å². The molecule has 0 radical (unpaired) electrons. The first-order chi connectivity index (χ1) is 10.6. The van der Waals surface area contributed by atoms with Crippen LogP contribution in [0, 0.1) is 13.8 Å². The van der Waals surface area contributed by atoms with Gasteiger partial charge in [-0.3, -0.25) is 0 Å². The number of para-hydroxylation sites is 1. The van der Waals surface area contributed by atoms with Gasteiger partial charge in [0.1, 0.15) is 0 Å². The largest absolute Gasteiger partial charge is 0.383 e. The fourth-order valence-corrected chi connectivity index (χ4v) is 2.42. The number of ether oxygens (including phenoxy) is 1. The van der Waals surface area contributed by atoms with E-state index < -0.39 is 0 Å². The molecule has 0 spiro atoms. The lowest BCUT2D eigenvalue weighted by molar-refractivity contribution is 0.204.